The average molecular weight is 260 g/mol. The van der Waals surface area contributed by atoms with E-state index >= 15 is 0 Å². The third-order valence-corrected chi connectivity index (χ3v) is 4.48. The molecule has 4 nitrogen and oxygen atoms in total. The zero-order valence-electron chi connectivity index (χ0n) is 12.2. The molecule has 1 aromatic rings. The fraction of sp³-hybridized carbons (Fsp3) is 0.733. The van der Waals surface area contributed by atoms with Gasteiger partial charge in [0.05, 0.1) is 0 Å². The maximum Gasteiger partial charge on any atom is 0.137 e. The Morgan fingerprint density at radius 1 is 1.26 bits per heavy atom. The molecule has 1 atom stereocenters. The molecule has 1 saturated carbocycles. The van der Waals surface area contributed by atoms with Crippen LogP contribution in [0.2, 0.25) is 0 Å². The lowest BCUT2D eigenvalue weighted by Gasteiger charge is -2.21. The summed E-state index contributed by atoms with van der Waals surface area (Å²) in [6.45, 7) is 6.72. The number of nitrogens with zero attached hydrogens (tertiary/aromatic N) is 3. The molecule has 0 aromatic carbocycles. The Morgan fingerprint density at radius 3 is 2.63 bits per heavy atom. The van der Waals surface area contributed by atoms with Crippen LogP contribution in [0.4, 0.5) is 11.6 Å². The van der Waals surface area contributed by atoms with E-state index in [1.54, 1.807) is 0 Å². The van der Waals surface area contributed by atoms with Crippen molar-refractivity contribution in [1.82, 2.24) is 9.97 Å². The molecular weight excluding hydrogens is 236 g/mol. The van der Waals surface area contributed by atoms with E-state index < -0.39 is 0 Å². The maximum atomic E-state index is 4.87. The summed E-state index contributed by atoms with van der Waals surface area (Å²) in [5, 5.41) is 3.23. The van der Waals surface area contributed by atoms with Gasteiger partial charge in [-0.1, -0.05) is 13.3 Å². The first-order valence-electron chi connectivity index (χ1n) is 7.54. The van der Waals surface area contributed by atoms with Crippen LogP contribution in [-0.2, 0) is 0 Å². The van der Waals surface area contributed by atoms with Crippen LogP contribution in [0.3, 0.4) is 0 Å². The quantitative estimate of drug-likeness (QED) is 0.903. The van der Waals surface area contributed by atoms with Crippen LogP contribution in [-0.4, -0.2) is 30.1 Å². The number of rotatable bonds is 4. The van der Waals surface area contributed by atoms with Crippen LogP contribution >= 0.6 is 0 Å². The molecule has 0 spiro atoms. The number of anilines is 2. The van der Waals surface area contributed by atoms with Crippen molar-refractivity contribution in [2.45, 2.75) is 45.4 Å². The summed E-state index contributed by atoms with van der Waals surface area (Å²) in [4.78, 5) is 12.0. The van der Waals surface area contributed by atoms with Crippen molar-refractivity contribution in [2.24, 2.45) is 5.92 Å². The molecule has 1 aromatic heterocycles. The Morgan fingerprint density at radius 2 is 2.05 bits per heavy atom. The van der Waals surface area contributed by atoms with Gasteiger partial charge in [0.2, 0.25) is 0 Å². The lowest BCUT2D eigenvalue weighted by molar-refractivity contribution is 0.568. The summed E-state index contributed by atoms with van der Waals surface area (Å²) in [5.41, 5.74) is 1.20. The van der Waals surface area contributed by atoms with Crippen molar-refractivity contribution >= 4 is 11.6 Å². The van der Waals surface area contributed by atoms with Crippen molar-refractivity contribution in [3.05, 3.63) is 11.4 Å². The molecule has 1 unspecified atom stereocenters. The molecule has 1 N–H and O–H groups in total. The van der Waals surface area contributed by atoms with Gasteiger partial charge in [0.15, 0.2) is 0 Å². The highest BCUT2D eigenvalue weighted by Crippen LogP contribution is 2.40. The molecule has 0 bridgehead atoms. The molecular formula is C15H24N4. The predicted octanol–water partition coefficient (Wildman–Crippen LogP) is 2.94. The molecule has 2 aliphatic rings. The second-order valence-electron chi connectivity index (χ2n) is 5.91. The molecule has 3 rings (SSSR count). The number of nitrogens with one attached hydrogen (secondary N) is 1. The van der Waals surface area contributed by atoms with E-state index in [1.165, 1.54) is 31.2 Å². The van der Waals surface area contributed by atoms with E-state index in [0.29, 0.717) is 5.92 Å². The molecule has 19 heavy (non-hydrogen) atoms. The molecule has 4 heteroatoms. The Kier molecular flexibility index (Phi) is 3.33. The Bertz CT molecular complexity index is 467. The van der Waals surface area contributed by atoms with Crippen molar-refractivity contribution < 1.29 is 0 Å². The Labute approximate surface area is 115 Å². The van der Waals surface area contributed by atoms with Gasteiger partial charge >= 0.3 is 0 Å². The number of aromatic nitrogens is 2. The van der Waals surface area contributed by atoms with Gasteiger partial charge in [-0.3, -0.25) is 0 Å². The molecule has 2 heterocycles. The lowest BCUT2D eigenvalue weighted by atomic mass is 10.1. The largest absolute Gasteiger partial charge is 0.373 e. The number of hydrogen-bond donors (Lipinski definition) is 1. The topological polar surface area (TPSA) is 41.1 Å². The van der Waals surface area contributed by atoms with Crippen LogP contribution in [0.5, 0.6) is 0 Å². The van der Waals surface area contributed by atoms with Gasteiger partial charge in [0.1, 0.15) is 17.5 Å². The molecule has 0 amide bonds. The highest BCUT2D eigenvalue weighted by Gasteiger charge is 2.30. The standard InChI is InChI=1S/C15H24N4/c1-4-11-7-8-19(9-11)15-10(2)13(16-3)17-14(18-15)12-5-6-12/h11-12H,4-9H2,1-3H3,(H,16,17,18). The van der Waals surface area contributed by atoms with Crippen LogP contribution in [0.25, 0.3) is 0 Å². The highest BCUT2D eigenvalue weighted by molar-refractivity contribution is 5.59. The van der Waals surface area contributed by atoms with Gasteiger partial charge in [-0.15, -0.1) is 0 Å². The van der Waals surface area contributed by atoms with Gasteiger partial charge in [-0.25, -0.2) is 9.97 Å². The van der Waals surface area contributed by atoms with Gasteiger partial charge < -0.3 is 10.2 Å². The first-order chi connectivity index (χ1) is 9.22. The zero-order valence-corrected chi connectivity index (χ0v) is 12.2. The lowest BCUT2D eigenvalue weighted by Crippen LogP contribution is -2.23. The minimum atomic E-state index is 0.607. The fourth-order valence-corrected chi connectivity index (χ4v) is 2.96. The first kappa shape index (κ1) is 12.7. The normalized spacial score (nSPS) is 22.9. The van der Waals surface area contributed by atoms with Crippen LogP contribution in [0, 0.1) is 12.8 Å². The van der Waals surface area contributed by atoms with Gasteiger partial charge in [-0.2, -0.15) is 0 Å². The molecule has 1 aliphatic heterocycles. The maximum absolute atomic E-state index is 4.87. The molecule has 0 radical (unpaired) electrons. The second kappa shape index (κ2) is 4.99. The minimum absolute atomic E-state index is 0.607. The van der Waals surface area contributed by atoms with E-state index in [4.69, 9.17) is 4.98 Å². The zero-order chi connectivity index (χ0) is 13.4. The summed E-state index contributed by atoms with van der Waals surface area (Å²) in [7, 11) is 1.95. The molecule has 2 fully saturated rings. The SMILES string of the molecule is CCC1CCN(c2nc(C3CC3)nc(NC)c2C)C1. The summed E-state index contributed by atoms with van der Waals surface area (Å²) in [6.07, 6.45) is 5.08. The molecule has 1 aliphatic carbocycles. The highest BCUT2D eigenvalue weighted by atomic mass is 15.2. The summed E-state index contributed by atoms with van der Waals surface area (Å²) in [5.74, 6) is 4.65. The van der Waals surface area contributed by atoms with Crippen LogP contribution < -0.4 is 10.2 Å². The van der Waals surface area contributed by atoms with E-state index in [0.717, 1.165) is 36.5 Å². The van der Waals surface area contributed by atoms with Crippen LogP contribution in [0.1, 0.15) is 49.9 Å². The minimum Gasteiger partial charge on any atom is -0.373 e. The van der Waals surface area contributed by atoms with Crippen LogP contribution in [0.15, 0.2) is 0 Å². The smallest absolute Gasteiger partial charge is 0.137 e. The van der Waals surface area contributed by atoms with E-state index in [1.807, 2.05) is 7.05 Å². The summed E-state index contributed by atoms with van der Waals surface area (Å²) >= 11 is 0. The predicted molar refractivity (Wildman–Crippen MR) is 78.9 cm³/mol. The Balaban J connectivity index is 1.92. The average Bonchev–Trinajstić information content (AvgIpc) is 3.17. The van der Waals surface area contributed by atoms with Gasteiger partial charge in [0, 0.05) is 31.6 Å². The van der Waals surface area contributed by atoms with Crippen molar-refractivity contribution in [2.75, 3.05) is 30.4 Å². The summed E-state index contributed by atoms with van der Waals surface area (Å²) < 4.78 is 0. The Hall–Kier alpha value is -1.32. The second-order valence-corrected chi connectivity index (χ2v) is 5.91. The van der Waals surface area contributed by atoms with Gasteiger partial charge in [0.25, 0.3) is 0 Å². The van der Waals surface area contributed by atoms with Crippen molar-refractivity contribution in [1.29, 1.82) is 0 Å². The summed E-state index contributed by atoms with van der Waals surface area (Å²) in [6, 6.07) is 0. The van der Waals surface area contributed by atoms with Crippen molar-refractivity contribution in [3.63, 3.8) is 0 Å². The monoisotopic (exact) mass is 260 g/mol. The van der Waals surface area contributed by atoms with Gasteiger partial charge in [-0.05, 0) is 32.1 Å². The number of hydrogen-bond acceptors (Lipinski definition) is 4. The molecule has 104 valence electrons. The molecule has 1 saturated heterocycles. The third-order valence-electron chi connectivity index (χ3n) is 4.48. The third kappa shape index (κ3) is 2.40. The van der Waals surface area contributed by atoms with E-state index in [9.17, 15) is 0 Å². The van der Waals surface area contributed by atoms with Crippen molar-refractivity contribution in [3.8, 4) is 0 Å². The first-order valence-corrected chi connectivity index (χ1v) is 7.54. The van der Waals surface area contributed by atoms with E-state index in [-0.39, 0.29) is 0 Å². The van der Waals surface area contributed by atoms with E-state index in [2.05, 4.69) is 29.0 Å². The fourth-order valence-electron chi connectivity index (χ4n) is 2.96.